The van der Waals surface area contributed by atoms with Gasteiger partial charge in [-0.2, -0.15) is 0 Å². The molecule has 0 radical (unpaired) electrons. The number of ether oxygens (including phenoxy) is 1. The van der Waals surface area contributed by atoms with E-state index >= 15 is 0 Å². The number of halogens is 1. The summed E-state index contributed by atoms with van der Waals surface area (Å²) in [5.74, 6) is -0.286. The van der Waals surface area contributed by atoms with Crippen LogP contribution in [-0.2, 0) is 16.0 Å². The van der Waals surface area contributed by atoms with Crippen molar-refractivity contribution in [1.82, 2.24) is 0 Å². The highest BCUT2D eigenvalue weighted by molar-refractivity contribution is 9.10. The number of carbonyl (C=O) groups is 2. The Morgan fingerprint density at radius 2 is 2.19 bits per heavy atom. The molecule has 3 nitrogen and oxygen atoms in total. The van der Waals surface area contributed by atoms with Crippen molar-refractivity contribution in [2.24, 2.45) is 0 Å². The number of hydrogen-bond donors (Lipinski definition) is 0. The summed E-state index contributed by atoms with van der Waals surface area (Å²) in [7, 11) is 0. The lowest BCUT2D eigenvalue weighted by atomic mass is 10.0. The second kappa shape index (κ2) is 5.80. The third kappa shape index (κ3) is 3.17. The molecule has 16 heavy (non-hydrogen) atoms. The molecule has 0 unspecified atom stereocenters. The zero-order valence-corrected chi connectivity index (χ0v) is 10.8. The first kappa shape index (κ1) is 12.9. The minimum atomic E-state index is -0.286. The average Bonchev–Trinajstić information content (AvgIpc) is 2.23. The minimum absolute atomic E-state index is 0.178. The van der Waals surface area contributed by atoms with Gasteiger partial charge >= 0.3 is 5.97 Å². The number of aryl methyl sites for hydroxylation is 1. The van der Waals surface area contributed by atoms with Crippen LogP contribution >= 0.6 is 15.9 Å². The fourth-order valence-electron chi connectivity index (χ4n) is 1.46. The first-order valence-corrected chi connectivity index (χ1v) is 5.77. The normalized spacial score (nSPS) is 9.94. The molecule has 0 amide bonds. The molecule has 0 saturated carbocycles. The number of esters is 1. The molecular formula is C12H13BrO3. The maximum absolute atomic E-state index is 11.3. The molecule has 0 fully saturated rings. The summed E-state index contributed by atoms with van der Waals surface area (Å²) < 4.78 is 5.53. The van der Waals surface area contributed by atoms with Gasteiger partial charge < -0.3 is 4.74 Å². The van der Waals surface area contributed by atoms with Crippen molar-refractivity contribution in [3.8, 4) is 0 Å². The Bertz CT molecular complexity index is 413. The quantitative estimate of drug-likeness (QED) is 0.631. The Balaban J connectivity index is 2.99. The van der Waals surface area contributed by atoms with Crippen LogP contribution in [0.15, 0.2) is 16.6 Å². The van der Waals surface area contributed by atoms with E-state index in [1.807, 2.05) is 13.0 Å². The lowest BCUT2D eigenvalue weighted by molar-refractivity contribution is -0.142. The Labute approximate surface area is 103 Å². The van der Waals surface area contributed by atoms with E-state index in [2.05, 4.69) is 15.9 Å². The molecule has 0 atom stereocenters. The zero-order chi connectivity index (χ0) is 12.1. The Morgan fingerprint density at radius 3 is 2.75 bits per heavy atom. The Kier molecular flexibility index (Phi) is 4.68. The summed E-state index contributed by atoms with van der Waals surface area (Å²) in [6.07, 6.45) is 0.947. The van der Waals surface area contributed by atoms with Gasteiger partial charge in [0.2, 0.25) is 0 Å². The molecule has 0 bridgehead atoms. The molecular weight excluding hydrogens is 272 g/mol. The van der Waals surface area contributed by atoms with Gasteiger partial charge in [-0.25, -0.2) is 0 Å². The number of hydrogen-bond acceptors (Lipinski definition) is 3. The highest BCUT2D eigenvalue weighted by Gasteiger charge is 2.11. The molecule has 1 rings (SSSR count). The predicted octanol–water partition coefficient (Wildman–Crippen LogP) is 2.68. The van der Waals surface area contributed by atoms with Crippen LogP contribution < -0.4 is 0 Å². The van der Waals surface area contributed by atoms with Gasteiger partial charge in [0.15, 0.2) is 6.29 Å². The van der Waals surface area contributed by atoms with E-state index < -0.39 is 0 Å². The summed E-state index contributed by atoms with van der Waals surface area (Å²) in [6, 6.07) is 3.64. The van der Waals surface area contributed by atoms with Crippen molar-refractivity contribution in [3.05, 3.63) is 33.3 Å². The molecule has 0 aliphatic heterocycles. The summed E-state index contributed by atoms with van der Waals surface area (Å²) >= 11 is 3.32. The maximum atomic E-state index is 11.3. The summed E-state index contributed by atoms with van der Waals surface area (Å²) in [6.45, 7) is 4.01. The van der Waals surface area contributed by atoms with E-state index in [4.69, 9.17) is 4.74 Å². The second-order valence-electron chi connectivity index (χ2n) is 3.43. The molecule has 1 aromatic carbocycles. The second-order valence-corrected chi connectivity index (χ2v) is 4.22. The van der Waals surface area contributed by atoms with Gasteiger partial charge in [0.25, 0.3) is 0 Å². The van der Waals surface area contributed by atoms with E-state index in [0.717, 1.165) is 17.4 Å². The van der Waals surface area contributed by atoms with Crippen molar-refractivity contribution in [2.45, 2.75) is 20.3 Å². The van der Waals surface area contributed by atoms with Crippen LogP contribution in [0.3, 0.4) is 0 Å². The first-order valence-electron chi connectivity index (χ1n) is 4.98. The molecule has 86 valence electrons. The third-order valence-electron chi connectivity index (χ3n) is 2.09. The predicted molar refractivity (Wildman–Crippen MR) is 64.6 cm³/mol. The van der Waals surface area contributed by atoms with Crippen LogP contribution in [0, 0.1) is 6.92 Å². The van der Waals surface area contributed by atoms with Crippen LogP contribution in [0.25, 0.3) is 0 Å². The van der Waals surface area contributed by atoms with E-state index in [9.17, 15) is 9.59 Å². The fraction of sp³-hybridized carbons (Fsp3) is 0.333. The van der Waals surface area contributed by atoms with Gasteiger partial charge in [0.1, 0.15) is 0 Å². The smallest absolute Gasteiger partial charge is 0.310 e. The van der Waals surface area contributed by atoms with Gasteiger partial charge in [-0.1, -0.05) is 11.6 Å². The number of rotatable bonds is 4. The van der Waals surface area contributed by atoms with Gasteiger partial charge in [-0.15, -0.1) is 0 Å². The number of aldehydes is 1. The summed E-state index contributed by atoms with van der Waals surface area (Å²) in [4.78, 5) is 22.1. The number of carbonyl (C=O) groups excluding carboxylic acids is 2. The Hall–Kier alpha value is -1.16. The standard InChI is InChI=1S/C12H13BrO3/c1-3-16-11(15)6-9-4-8(2)5-10(7-14)12(9)13/h4-5,7H,3,6H2,1-2H3. The summed E-state index contributed by atoms with van der Waals surface area (Å²) in [5.41, 5.74) is 2.28. The van der Waals surface area contributed by atoms with Crippen LogP contribution in [0.5, 0.6) is 0 Å². The first-order chi connectivity index (χ1) is 7.58. The van der Waals surface area contributed by atoms with E-state index in [1.165, 1.54) is 0 Å². The molecule has 0 saturated heterocycles. The van der Waals surface area contributed by atoms with E-state index in [1.54, 1.807) is 13.0 Å². The molecule has 1 aromatic rings. The van der Waals surface area contributed by atoms with Crippen molar-refractivity contribution in [1.29, 1.82) is 0 Å². The Morgan fingerprint density at radius 1 is 1.50 bits per heavy atom. The van der Waals surface area contributed by atoms with Crippen molar-refractivity contribution in [3.63, 3.8) is 0 Å². The van der Waals surface area contributed by atoms with Crippen LogP contribution in [0.4, 0.5) is 0 Å². The fourth-order valence-corrected chi connectivity index (χ4v) is 1.92. The lowest BCUT2D eigenvalue weighted by Gasteiger charge is -2.08. The van der Waals surface area contributed by atoms with Gasteiger partial charge in [-0.3, -0.25) is 9.59 Å². The monoisotopic (exact) mass is 284 g/mol. The van der Waals surface area contributed by atoms with Crippen LogP contribution in [0.2, 0.25) is 0 Å². The molecule has 0 aliphatic carbocycles. The SMILES string of the molecule is CCOC(=O)Cc1cc(C)cc(C=O)c1Br. The van der Waals surface area contributed by atoms with Gasteiger partial charge in [0, 0.05) is 10.0 Å². The van der Waals surface area contributed by atoms with E-state index in [0.29, 0.717) is 16.6 Å². The van der Waals surface area contributed by atoms with Crippen LogP contribution in [-0.4, -0.2) is 18.9 Å². The third-order valence-corrected chi connectivity index (χ3v) is 3.05. The molecule has 0 aromatic heterocycles. The molecule has 4 heteroatoms. The van der Waals surface area contributed by atoms with Gasteiger partial charge in [-0.05, 0) is 41.4 Å². The van der Waals surface area contributed by atoms with Crippen molar-refractivity contribution >= 4 is 28.2 Å². The molecule has 0 spiro atoms. The maximum Gasteiger partial charge on any atom is 0.310 e. The molecule has 0 aliphatic rings. The molecule has 0 heterocycles. The number of benzene rings is 1. The highest BCUT2D eigenvalue weighted by atomic mass is 79.9. The largest absolute Gasteiger partial charge is 0.466 e. The topological polar surface area (TPSA) is 43.4 Å². The van der Waals surface area contributed by atoms with Crippen LogP contribution in [0.1, 0.15) is 28.4 Å². The minimum Gasteiger partial charge on any atom is -0.466 e. The van der Waals surface area contributed by atoms with E-state index in [-0.39, 0.29) is 12.4 Å². The summed E-state index contributed by atoms with van der Waals surface area (Å²) in [5, 5.41) is 0. The zero-order valence-electron chi connectivity index (χ0n) is 9.25. The average molecular weight is 285 g/mol. The van der Waals surface area contributed by atoms with Crippen molar-refractivity contribution < 1.29 is 14.3 Å². The highest BCUT2D eigenvalue weighted by Crippen LogP contribution is 2.23. The van der Waals surface area contributed by atoms with Gasteiger partial charge in [0.05, 0.1) is 13.0 Å². The lowest BCUT2D eigenvalue weighted by Crippen LogP contribution is -2.08. The van der Waals surface area contributed by atoms with Crippen molar-refractivity contribution in [2.75, 3.05) is 6.61 Å². The molecule has 0 N–H and O–H groups in total.